The fourth-order valence-electron chi connectivity index (χ4n) is 2.81. The number of hydrogen-bond acceptors (Lipinski definition) is 7. The molecule has 1 amide bonds. The number of nitrogens with zero attached hydrogens (tertiary/aromatic N) is 3. The van der Waals surface area contributed by atoms with Crippen LogP contribution in [0.25, 0.3) is 25.9 Å². The number of benzene rings is 1. The van der Waals surface area contributed by atoms with Gasteiger partial charge in [0, 0.05) is 17.8 Å². The van der Waals surface area contributed by atoms with Crippen molar-refractivity contribution in [3.05, 3.63) is 75.8 Å². The van der Waals surface area contributed by atoms with Crippen molar-refractivity contribution in [1.82, 2.24) is 19.7 Å². The average molecular weight is 408 g/mol. The van der Waals surface area contributed by atoms with Crippen molar-refractivity contribution in [3.63, 3.8) is 0 Å². The third-order valence-corrected chi connectivity index (χ3v) is 6.00. The van der Waals surface area contributed by atoms with Gasteiger partial charge in [-0.1, -0.05) is 12.1 Å². The van der Waals surface area contributed by atoms with Crippen molar-refractivity contribution < 1.29 is 9.21 Å². The number of fused-ring (bicyclic) bond motifs is 2. The Labute approximate surface area is 165 Å². The fraction of sp³-hybridized carbons (Fsp3) is 0.0526. The van der Waals surface area contributed by atoms with E-state index in [0.717, 1.165) is 15.2 Å². The van der Waals surface area contributed by atoms with Crippen LogP contribution in [0.3, 0.4) is 0 Å². The number of para-hydroxylation sites is 1. The monoisotopic (exact) mass is 408 g/mol. The van der Waals surface area contributed by atoms with Crippen LogP contribution in [0.4, 0.5) is 0 Å². The minimum atomic E-state index is -0.490. The van der Waals surface area contributed by atoms with Gasteiger partial charge in [0.2, 0.25) is 0 Å². The normalized spacial score (nSPS) is 11.3. The number of hydrogen-bond donors (Lipinski definition) is 1. The smallest absolute Gasteiger partial charge is 0.271 e. The summed E-state index contributed by atoms with van der Waals surface area (Å²) in [7, 11) is 0. The molecule has 4 heterocycles. The zero-order valence-corrected chi connectivity index (χ0v) is 15.9. The van der Waals surface area contributed by atoms with E-state index in [-0.39, 0.29) is 12.1 Å². The minimum absolute atomic E-state index is 0.00569. The molecule has 9 heteroatoms. The van der Waals surface area contributed by atoms with Crippen LogP contribution in [0.2, 0.25) is 0 Å². The van der Waals surface area contributed by atoms with Crippen LogP contribution >= 0.6 is 22.7 Å². The van der Waals surface area contributed by atoms with Gasteiger partial charge in [-0.25, -0.2) is 9.97 Å². The molecule has 0 radical (unpaired) electrons. The van der Waals surface area contributed by atoms with Gasteiger partial charge in [0.05, 0.1) is 16.8 Å². The van der Waals surface area contributed by atoms with Gasteiger partial charge in [0.1, 0.15) is 11.3 Å². The maximum Gasteiger partial charge on any atom is 0.271 e. The first-order valence-corrected chi connectivity index (χ1v) is 10.1. The predicted molar refractivity (Wildman–Crippen MR) is 108 cm³/mol. The Kier molecular flexibility index (Phi) is 4.03. The van der Waals surface area contributed by atoms with Gasteiger partial charge in [-0.15, -0.1) is 22.7 Å². The molecule has 0 unspecified atom stereocenters. The van der Waals surface area contributed by atoms with Gasteiger partial charge in [-0.05, 0) is 24.3 Å². The van der Waals surface area contributed by atoms with Crippen LogP contribution in [0.15, 0.2) is 63.4 Å². The summed E-state index contributed by atoms with van der Waals surface area (Å²) in [5.41, 5.74) is 0.526. The molecule has 5 aromatic rings. The van der Waals surface area contributed by atoms with Gasteiger partial charge in [0.25, 0.3) is 11.5 Å². The lowest BCUT2D eigenvalue weighted by molar-refractivity contribution is 0.0946. The lowest BCUT2D eigenvalue weighted by Gasteiger charge is -2.03. The highest BCUT2D eigenvalue weighted by Crippen LogP contribution is 2.31. The molecular weight excluding hydrogens is 396 g/mol. The Morgan fingerprint density at radius 3 is 3.00 bits per heavy atom. The molecule has 0 saturated heterocycles. The Morgan fingerprint density at radius 1 is 1.21 bits per heavy atom. The summed E-state index contributed by atoms with van der Waals surface area (Å²) in [5, 5.41) is 5.23. The Bertz CT molecular complexity index is 1350. The molecule has 0 saturated carbocycles. The van der Waals surface area contributed by atoms with E-state index < -0.39 is 11.5 Å². The van der Waals surface area contributed by atoms with Gasteiger partial charge in [-0.2, -0.15) is 0 Å². The maximum absolute atomic E-state index is 12.4. The summed E-state index contributed by atoms with van der Waals surface area (Å²) < 4.78 is 8.25. The van der Waals surface area contributed by atoms with Crippen LogP contribution in [-0.2, 0) is 6.54 Å². The summed E-state index contributed by atoms with van der Waals surface area (Å²) in [6.07, 6.45) is 2.90. The van der Waals surface area contributed by atoms with Crippen LogP contribution < -0.4 is 10.9 Å². The van der Waals surface area contributed by atoms with E-state index >= 15 is 0 Å². The van der Waals surface area contributed by atoms with Gasteiger partial charge in [-0.3, -0.25) is 14.0 Å². The largest absolute Gasteiger partial charge is 0.457 e. The first-order valence-electron chi connectivity index (χ1n) is 8.37. The van der Waals surface area contributed by atoms with Crippen molar-refractivity contribution in [3.8, 4) is 10.8 Å². The SMILES string of the molecule is O=C(NCc1ccc(-c2nc3ccccc3s2)o1)c1cnc2sccn2c1=O. The first-order chi connectivity index (χ1) is 13.7. The molecule has 0 aliphatic carbocycles. The van der Waals surface area contributed by atoms with Crippen molar-refractivity contribution in [2.45, 2.75) is 6.54 Å². The molecule has 1 N–H and O–H groups in total. The fourth-order valence-corrected chi connectivity index (χ4v) is 4.41. The third-order valence-electron chi connectivity index (χ3n) is 4.18. The second-order valence-corrected chi connectivity index (χ2v) is 7.87. The number of amides is 1. The van der Waals surface area contributed by atoms with Gasteiger partial charge < -0.3 is 9.73 Å². The second kappa shape index (κ2) is 6.70. The first kappa shape index (κ1) is 16.8. The van der Waals surface area contributed by atoms with Crippen molar-refractivity contribution >= 4 is 43.8 Å². The molecule has 0 bridgehead atoms. The van der Waals surface area contributed by atoms with Crippen LogP contribution in [0.5, 0.6) is 0 Å². The molecule has 5 rings (SSSR count). The van der Waals surface area contributed by atoms with E-state index in [1.807, 2.05) is 30.3 Å². The number of carbonyl (C=O) groups is 1. The number of nitrogens with one attached hydrogen (secondary N) is 1. The average Bonchev–Trinajstić information content (AvgIpc) is 3.44. The van der Waals surface area contributed by atoms with Crippen molar-refractivity contribution in [2.75, 3.05) is 0 Å². The molecule has 28 heavy (non-hydrogen) atoms. The summed E-state index contributed by atoms with van der Waals surface area (Å²) in [4.78, 5) is 34.0. The standard InChI is InChI=1S/C19H12N4O3S2/c24-16(12-10-21-19-23(18(12)25)7-8-27-19)20-9-11-5-6-14(26-11)17-22-13-3-1-2-4-15(13)28-17/h1-8,10H,9H2,(H,20,24). The van der Waals surface area contributed by atoms with E-state index in [4.69, 9.17) is 4.42 Å². The molecular formula is C19H12N4O3S2. The predicted octanol–water partition coefficient (Wildman–Crippen LogP) is 3.56. The summed E-state index contributed by atoms with van der Waals surface area (Å²) >= 11 is 2.88. The minimum Gasteiger partial charge on any atom is -0.457 e. The number of furan rings is 1. The molecule has 138 valence electrons. The van der Waals surface area contributed by atoms with Gasteiger partial charge in [0.15, 0.2) is 15.7 Å². The summed E-state index contributed by atoms with van der Waals surface area (Å²) in [6.45, 7) is 0.162. The zero-order valence-electron chi connectivity index (χ0n) is 14.3. The van der Waals surface area contributed by atoms with Crippen molar-refractivity contribution in [1.29, 1.82) is 0 Å². The molecule has 0 spiro atoms. The van der Waals surface area contributed by atoms with E-state index in [1.54, 1.807) is 29.0 Å². The second-order valence-electron chi connectivity index (χ2n) is 5.97. The molecule has 1 aromatic carbocycles. The van der Waals surface area contributed by atoms with E-state index in [9.17, 15) is 9.59 Å². The zero-order chi connectivity index (χ0) is 19.1. The lowest BCUT2D eigenvalue weighted by atomic mass is 10.3. The number of carbonyl (C=O) groups excluding carboxylic acids is 1. The van der Waals surface area contributed by atoms with Crippen LogP contribution in [0, 0.1) is 0 Å². The molecule has 0 aliphatic rings. The molecule has 0 aliphatic heterocycles. The van der Waals surface area contributed by atoms with E-state index in [1.165, 1.54) is 21.9 Å². The van der Waals surface area contributed by atoms with Crippen molar-refractivity contribution in [2.24, 2.45) is 0 Å². The highest BCUT2D eigenvalue weighted by molar-refractivity contribution is 7.21. The number of thiazole rings is 2. The maximum atomic E-state index is 12.4. The number of rotatable bonds is 4. The van der Waals surface area contributed by atoms with Crippen LogP contribution in [-0.4, -0.2) is 20.3 Å². The Hall–Kier alpha value is -3.30. The molecule has 4 aromatic heterocycles. The van der Waals surface area contributed by atoms with Crippen LogP contribution in [0.1, 0.15) is 16.1 Å². The lowest BCUT2D eigenvalue weighted by Crippen LogP contribution is -2.30. The van der Waals surface area contributed by atoms with E-state index in [0.29, 0.717) is 16.5 Å². The Morgan fingerprint density at radius 2 is 2.11 bits per heavy atom. The molecule has 0 atom stereocenters. The molecule has 0 fully saturated rings. The van der Waals surface area contributed by atoms with E-state index in [2.05, 4.69) is 15.3 Å². The summed E-state index contributed by atoms with van der Waals surface area (Å²) in [5.74, 6) is 0.732. The third kappa shape index (κ3) is 2.90. The highest BCUT2D eigenvalue weighted by Gasteiger charge is 2.15. The quantitative estimate of drug-likeness (QED) is 0.491. The summed E-state index contributed by atoms with van der Waals surface area (Å²) in [6, 6.07) is 11.5. The molecule has 7 nitrogen and oxygen atoms in total. The number of aromatic nitrogens is 3. The Balaban J connectivity index is 1.33. The topological polar surface area (TPSA) is 89.5 Å². The highest BCUT2D eigenvalue weighted by atomic mass is 32.1. The van der Waals surface area contributed by atoms with Gasteiger partial charge >= 0.3 is 0 Å².